The fourth-order valence-electron chi connectivity index (χ4n) is 3.19. The minimum absolute atomic E-state index is 0.0605. The van der Waals surface area contributed by atoms with Crippen molar-refractivity contribution in [3.8, 4) is 0 Å². The lowest BCUT2D eigenvalue weighted by atomic mass is 9.92. The lowest BCUT2D eigenvalue weighted by Crippen LogP contribution is -2.44. The highest BCUT2D eigenvalue weighted by molar-refractivity contribution is 7.89. The Kier molecular flexibility index (Phi) is 6.88. The maximum Gasteiger partial charge on any atom is 0.340 e. The molecule has 2 atom stereocenters. The van der Waals surface area contributed by atoms with E-state index in [-0.39, 0.29) is 21.4 Å². The van der Waals surface area contributed by atoms with Gasteiger partial charge < -0.3 is 9.64 Å². The third-order valence-corrected chi connectivity index (χ3v) is 6.63. The van der Waals surface area contributed by atoms with E-state index in [2.05, 4.69) is 13.8 Å². The first kappa shape index (κ1) is 21.7. The van der Waals surface area contributed by atoms with Gasteiger partial charge in [-0.15, -0.1) is 0 Å². The van der Waals surface area contributed by atoms with Crippen LogP contribution in [0.5, 0.6) is 0 Å². The third-order valence-electron chi connectivity index (χ3n) is 4.48. The van der Waals surface area contributed by atoms with Gasteiger partial charge in [0.05, 0.1) is 15.5 Å². The van der Waals surface area contributed by atoms with Crippen molar-refractivity contribution in [2.45, 2.75) is 25.2 Å². The zero-order chi connectivity index (χ0) is 20.4. The molecule has 0 spiro atoms. The van der Waals surface area contributed by atoms with E-state index in [1.54, 1.807) is 4.90 Å². The topological polar surface area (TPSA) is 84.0 Å². The molecule has 1 aliphatic rings. The molecule has 1 amide bonds. The molecule has 1 saturated heterocycles. The molecule has 2 unspecified atom stereocenters. The van der Waals surface area contributed by atoms with E-state index in [1.165, 1.54) is 26.2 Å². The number of amides is 1. The first-order chi connectivity index (χ1) is 12.5. The summed E-state index contributed by atoms with van der Waals surface area (Å²) in [6.07, 6.45) is 1.06. The molecule has 27 heavy (non-hydrogen) atoms. The second kappa shape index (κ2) is 8.58. The van der Waals surface area contributed by atoms with E-state index in [1.807, 2.05) is 0 Å². The van der Waals surface area contributed by atoms with Crippen LogP contribution in [-0.2, 0) is 19.6 Å². The number of nitrogens with zero attached hydrogens (tertiary/aromatic N) is 2. The molecule has 0 aromatic heterocycles. The van der Waals surface area contributed by atoms with E-state index < -0.39 is 22.6 Å². The van der Waals surface area contributed by atoms with Crippen molar-refractivity contribution in [2.24, 2.45) is 11.8 Å². The van der Waals surface area contributed by atoms with E-state index in [0.29, 0.717) is 24.9 Å². The van der Waals surface area contributed by atoms with Gasteiger partial charge in [-0.2, -0.15) is 0 Å². The monoisotopic (exact) mass is 416 g/mol. The van der Waals surface area contributed by atoms with Gasteiger partial charge in [0, 0.05) is 27.2 Å². The summed E-state index contributed by atoms with van der Waals surface area (Å²) < 4.78 is 30.6. The quantitative estimate of drug-likeness (QED) is 0.687. The zero-order valence-electron chi connectivity index (χ0n) is 15.9. The number of piperidine rings is 1. The van der Waals surface area contributed by atoms with Crippen molar-refractivity contribution < 1.29 is 22.7 Å². The number of sulfonamides is 1. The Bertz CT molecular complexity index is 815. The summed E-state index contributed by atoms with van der Waals surface area (Å²) in [6.45, 7) is 5.03. The van der Waals surface area contributed by atoms with E-state index in [4.69, 9.17) is 16.3 Å². The Balaban J connectivity index is 2.09. The van der Waals surface area contributed by atoms with Crippen molar-refractivity contribution in [1.82, 2.24) is 9.21 Å². The minimum Gasteiger partial charge on any atom is -0.452 e. The standard InChI is InChI=1S/C18H25ClN2O5S/c1-12-7-13(2)10-21(9-12)17(22)11-26-18(23)15-8-14(5-6-16(15)19)27(24,25)20(3)4/h5-6,8,12-13H,7,9-11H2,1-4H3. The SMILES string of the molecule is CC1CC(C)CN(C(=O)COC(=O)c2cc(S(=O)(=O)N(C)C)ccc2Cl)C1. The van der Waals surface area contributed by atoms with Crippen LogP contribution < -0.4 is 0 Å². The van der Waals surface area contributed by atoms with Gasteiger partial charge in [0.2, 0.25) is 10.0 Å². The van der Waals surface area contributed by atoms with Gasteiger partial charge in [-0.05, 0) is 36.5 Å². The molecule has 0 aliphatic carbocycles. The highest BCUT2D eigenvalue weighted by Gasteiger charge is 2.27. The zero-order valence-corrected chi connectivity index (χ0v) is 17.5. The van der Waals surface area contributed by atoms with Crippen LogP contribution >= 0.6 is 11.6 Å². The molecule has 0 bridgehead atoms. The molecule has 1 aliphatic heterocycles. The van der Waals surface area contributed by atoms with Gasteiger partial charge in [-0.1, -0.05) is 25.4 Å². The summed E-state index contributed by atoms with van der Waals surface area (Å²) in [6, 6.07) is 3.80. The van der Waals surface area contributed by atoms with Crippen LogP contribution in [0.25, 0.3) is 0 Å². The molecule has 0 radical (unpaired) electrons. The van der Waals surface area contributed by atoms with Gasteiger partial charge in [0.15, 0.2) is 6.61 Å². The summed E-state index contributed by atoms with van der Waals surface area (Å²) in [5.74, 6) is -0.302. The largest absolute Gasteiger partial charge is 0.452 e. The molecular formula is C18H25ClN2O5S. The van der Waals surface area contributed by atoms with E-state index in [9.17, 15) is 18.0 Å². The smallest absolute Gasteiger partial charge is 0.340 e. The van der Waals surface area contributed by atoms with Crippen LogP contribution in [-0.4, -0.2) is 63.3 Å². The van der Waals surface area contributed by atoms with Gasteiger partial charge in [0.25, 0.3) is 5.91 Å². The number of carbonyl (C=O) groups is 2. The maximum absolute atomic E-state index is 12.3. The number of carbonyl (C=O) groups excluding carboxylic acids is 2. The Hall–Kier alpha value is -1.64. The number of rotatable bonds is 5. The van der Waals surface area contributed by atoms with Crippen molar-refractivity contribution in [3.63, 3.8) is 0 Å². The summed E-state index contributed by atoms with van der Waals surface area (Å²) in [7, 11) is -0.938. The normalized spacial score (nSPS) is 20.6. The molecule has 1 aromatic rings. The predicted octanol–water partition coefficient (Wildman–Crippen LogP) is 2.25. The summed E-state index contributed by atoms with van der Waals surface area (Å²) in [4.78, 5) is 26.3. The lowest BCUT2D eigenvalue weighted by Gasteiger charge is -2.34. The maximum atomic E-state index is 12.3. The fraction of sp³-hybridized carbons (Fsp3) is 0.556. The van der Waals surface area contributed by atoms with Crippen LogP contribution in [0.3, 0.4) is 0 Å². The van der Waals surface area contributed by atoms with Crippen LogP contribution in [0.1, 0.15) is 30.6 Å². The Morgan fingerprint density at radius 2 is 1.81 bits per heavy atom. The minimum atomic E-state index is -3.72. The second-order valence-corrected chi connectivity index (χ2v) is 9.81. The average molecular weight is 417 g/mol. The van der Waals surface area contributed by atoms with Crippen LogP contribution in [0, 0.1) is 11.8 Å². The van der Waals surface area contributed by atoms with Crippen LogP contribution in [0.15, 0.2) is 23.1 Å². The van der Waals surface area contributed by atoms with Crippen molar-refractivity contribution in [3.05, 3.63) is 28.8 Å². The highest BCUT2D eigenvalue weighted by atomic mass is 35.5. The molecule has 1 fully saturated rings. The fourth-order valence-corrected chi connectivity index (χ4v) is 4.32. The molecular weight excluding hydrogens is 392 g/mol. The number of hydrogen-bond acceptors (Lipinski definition) is 5. The molecule has 1 heterocycles. The van der Waals surface area contributed by atoms with Crippen molar-refractivity contribution in [2.75, 3.05) is 33.8 Å². The number of hydrogen-bond donors (Lipinski definition) is 0. The molecule has 0 N–H and O–H groups in total. The van der Waals surface area contributed by atoms with E-state index >= 15 is 0 Å². The Labute approximate surface area is 165 Å². The first-order valence-electron chi connectivity index (χ1n) is 8.69. The summed E-state index contributed by atoms with van der Waals surface area (Å²) in [5, 5.41) is 0.0605. The van der Waals surface area contributed by atoms with Crippen molar-refractivity contribution in [1.29, 1.82) is 0 Å². The Morgan fingerprint density at radius 3 is 2.37 bits per heavy atom. The lowest BCUT2D eigenvalue weighted by molar-refractivity contribution is -0.137. The predicted molar refractivity (Wildman–Crippen MR) is 102 cm³/mol. The number of halogens is 1. The molecule has 150 valence electrons. The van der Waals surface area contributed by atoms with Gasteiger partial charge in [-0.3, -0.25) is 4.79 Å². The molecule has 2 rings (SSSR count). The Morgan fingerprint density at radius 1 is 1.22 bits per heavy atom. The molecule has 1 aromatic carbocycles. The summed E-state index contributed by atoms with van der Waals surface area (Å²) >= 11 is 6.02. The van der Waals surface area contributed by atoms with E-state index in [0.717, 1.165) is 16.8 Å². The van der Waals surface area contributed by atoms with Crippen LogP contribution in [0.2, 0.25) is 5.02 Å². The number of likely N-dealkylation sites (tertiary alicyclic amines) is 1. The highest BCUT2D eigenvalue weighted by Crippen LogP contribution is 2.24. The summed E-state index contributed by atoms with van der Waals surface area (Å²) in [5.41, 5.74) is -0.0900. The van der Waals surface area contributed by atoms with Crippen molar-refractivity contribution >= 4 is 33.5 Å². The van der Waals surface area contributed by atoms with Gasteiger partial charge in [0.1, 0.15) is 0 Å². The second-order valence-electron chi connectivity index (χ2n) is 7.25. The van der Waals surface area contributed by atoms with Gasteiger partial charge >= 0.3 is 5.97 Å². The molecule has 9 heteroatoms. The molecule has 7 nitrogen and oxygen atoms in total. The number of esters is 1. The number of ether oxygens (including phenoxy) is 1. The average Bonchev–Trinajstić information content (AvgIpc) is 2.58. The molecule has 0 saturated carbocycles. The first-order valence-corrected chi connectivity index (χ1v) is 10.5. The van der Waals surface area contributed by atoms with Crippen LogP contribution in [0.4, 0.5) is 0 Å². The third kappa shape index (κ3) is 5.21. The number of benzene rings is 1. The van der Waals surface area contributed by atoms with Gasteiger partial charge in [-0.25, -0.2) is 17.5 Å².